The molecule has 0 aliphatic rings. The van der Waals surface area contributed by atoms with Gasteiger partial charge in [0.05, 0.1) is 0 Å². The number of hydrogen-bond acceptors (Lipinski definition) is 4. The van der Waals surface area contributed by atoms with E-state index in [4.69, 9.17) is 0 Å². The second-order valence-corrected chi connectivity index (χ2v) is 9.80. The lowest BCUT2D eigenvalue weighted by Gasteiger charge is -2.22. The second-order valence-electron chi connectivity index (χ2n) is 6.89. The highest BCUT2D eigenvalue weighted by Crippen LogP contribution is 2.35. The van der Waals surface area contributed by atoms with Crippen molar-refractivity contribution >= 4 is 67.0 Å². The lowest BCUT2D eigenvalue weighted by Crippen LogP contribution is -2.40. The monoisotopic (exact) mass is 419 g/mol. The van der Waals surface area contributed by atoms with Crippen molar-refractivity contribution in [2.45, 2.75) is 6.92 Å². The summed E-state index contributed by atoms with van der Waals surface area (Å²) in [6.45, 7) is 2.54. The van der Waals surface area contributed by atoms with Gasteiger partial charge < -0.3 is 4.90 Å². The first-order valence-corrected chi connectivity index (χ1v) is 11.9. The van der Waals surface area contributed by atoms with Crippen LogP contribution in [0.2, 0.25) is 0 Å². The third-order valence-corrected chi connectivity index (χ3v) is 7.70. The number of para-hydroxylation sites is 1. The van der Waals surface area contributed by atoms with Crippen LogP contribution in [0.4, 0.5) is 5.69 Å². The Balaban J connectivity index is 2.00. The van der Waals surface area contributed by atoms with E-state index in [1.807, 2.05) is 34.0 Å². The molecule has 5 heteroatoms. The molecule has 0 spiro atoms. The summed E-state index contributed by atoms with van der Waals surface area (Å²) in [6.07, 6.45) is 0. The zero-order chi connectivity index (χ0) is 19.5. The van der Waals surface area contributed by atoms with Gasteiger partial charge in [-0.1, -0.05) is 48.5 Å². The van der Waals surface area contributed by atoms with E-state index < -0.39 is 0 Å². The SMILES string of the molecule is C/C(=C(/B(c1cccs1)c1cccs1)c1cccs1)c1ccccc1N(C)C. The van der Waals surface area contributed by atoms with E-state index in [1.165, 1.54) is 36.7 Å². The van der Waals surface area contributed by atoms with Crippen molar-refractivity contribution in [3.05, 3.63) is 87.2 Å². The van der Waals surface area contributed by atoms with Gasteiger partial charge in [0.2, 0.25) is 0 Å². The van der Waals surface area contributed by atoms with E-state index in [2.05, 4.69) is 103 Å². The Kier molecular flexibility index (Phi) is 5.86. The topological polar surface area (TPSA) is 3.24 Å². The number of benzene rings is 1. The number of rotatable bonds is 6. The molecule has 0 bridgehead atoms. The van der Waals surface area contributed by atoms with Crippen LogP contribution in [0.5, 0.6) is 0 Å². The van der Waals surface area contributed by atoms with Crippen molar-refractivity contribution < 1.29 is 0 Å². The van der Waals surface area contributed by atoms with Gasteiger partial charge in [-0.3, -0.25) is 0 Å². The minimum atomic E-state index is 0.258. The van der Waals surface area contributed by atoms with E-state index in [0.29, 0.717) is 0 Å². The maximum atomic E-state index is 2.28. The second kappa shape index (κ2) is 8.52. The Morgan fingerprint density at radius 1 is 0.750 bits per heavy atom. The van der Waals surface area contributed by atoms with Gasteiger partial charge in [-0.15, -0.1) is 11.3 Å². The summed E-state index contributed by atoms with van der Waals surface area (Å²) in [4.78, 5) is 3.55. The van der Waals surface area contributed by atoms with Gasteiger partial charge in [0.1, 0.15) is 0 Å². The van der Waals surface area contributed by atoms with Crippen molar-refractivity contribution in [1.82, 2.24) is 0 Å². The molecule has 4 rings (SSSR count). The minimum absolute atomic E-state index is 0.258. The van der Waals surface area contributed by atoms with Crippen LogP contribution >= 0.6 is 34.0 Å². The van der Waals surface area contributed by atoms with E-state index >= 15 is 0 Å². The molecule has 0 amide bonds. The van der Waals surface area contributed by atoms with Gasteiger partial charge in [-0.25, -0.2) is 0 Å². The van der Waals surface area contributed by atoms with E-state index in [-0.39, 0.29) is 6.71 Å². The van der Waals surface area contributed by atoms with Crippen molar-refractivity contribution in [3.63, 3.8) is 0 Å². The van der Waals surface area contributed by atoms with Crippen molar-refractivity contribution in [2.75, 3.05) is 19.0 Å². The highest BCUT2D eigenvalue weighted by atomic mass is 32.1. The third-order valence-electron chi connectivity index (χ3n) is 4.92. The molecule has 0 saturated carbocycles. The molecule has 0 aliphatic carbocycles. The molecule has 0 unspecified atom stereocenters. The molecule has 28 heavy (non-hydrogen) atoms. The quantitative estimate of drug-likeness (QED) is 0.362. The van der Waals surface area contributed by atoms with E-state index in [0.717, 1.165) is 0 Å². The van der Waals surface area contributed by atoms with Crippen LogP contribution in [0.25, 0.3) is 11.0 Å². The van der Waals surface area contributed by atoms with E-state index in [1.54, 1.807) is 0 Å². The summed E-state index contributed by atoms with van der Waals surface area (Å²) in [6, 6.07) is 22.0. The Labute approximate surface area is 179 Å². The van der Waals surface area contributed by atoms with Crippen LogP contribution in [0, 0.1) is 0 Å². The van der Waals surface area contributed by atoms with Crippen molar-refractivity contribution in [1.29, 1.82) is 0 Å². The molecule has 0 radical (unpaired) electrons. The summed E-state index contributed by atoms with van der Waals surface area (Å²) in [5.74, 6) is 0. The first-order chi connectivity index (χ1) is 13.7. The van der Waals surface area contributed by atoms with Crippen LogP contribution in [0.1, 0.15) is 17.4 Å². The zero-order valence-corrected chi connectivity index (χ0v) is 18.7. The number of hydrogen-bond donors (Lipinski definition) is 0. The molecule has 1 aromatic carbocycles. The van der Waals surface area contributed by atoms with Gasteiger partial charge in [0.25, 0.3) is 6.71 Å². The van der Waals surface area contributed by atoms with Crippen molar-refractivity contribution in [2.24, 2.45) is 0 Å². The summed E-state index contributed by atoms with van der Waals surface area (Å²) in [5, 5.41) is 6.55. The molecule has 0 saturated heterocycles. The summed E-state index contributed by atoms with van der Waals surface area (Å²) in [5.41, 5.74) is 5.31. The Morgan fingerprint density at radius 2 is 1.36 bits per heavy atom. The molecular formula is C23H22BNS3. The van der Waals surface area contributed by atoms with Gasteiger partial charge >= 0.3 is 0 Å². The Bertz CT molecular complexity index is 1010. The number of allylic oxidation sites excluding steroid dienone is 1. The van der Waals surface area contributed by atoms with Crippen LogP contribution in [-0.2, 0) is 0 Å². The van der Waals surface area contributed by atoms with Crippen LogP contribution in [0.3, 0.4) is 0 Å². The summed E-state index contributed by atoms with van der Waals surface area (Å²) < 4.78 is 2.79. The number of thiophene rings is 3. The summed E-state index contributed by atoms with van der Waals surface area (Å²) >= 11 is 5.52. The first kappa shape index (κ1) is 19.3. The lowest BCUT2D eigenvalue weighted by atomic mass is 9.41. The molecule has 0 N–H and O–H groups in total. The maximum Gasteiger partial charge on any atom is 0.268 e. The van der Waals surface area contributed by atoms with Gasteiger partial charge in [-0.2, -0.15) is 22.7 Å². The molecule has 3 heterocycles. The average Bonchev–Trinajstić information content (AvgIpc) is 3.49. The highest BCUT2D eigenvalue weighted by molar-refractivity contribution is 7.35. The standard InChI is InChI=1S/C23H22BNS3/c1-17(18-9-4-5-10-19(18)25(2)3)23(20-11-6-14-26-20)24(21-12-7-15-27-21)22-13-8-16-28-22/h4-16H,1-3H3/b23-17-. The number of nitrogens with zero attached hydrogens (tertiary/aromatic N) is 1. The van der Waals surface area contributed by atoms with Gasteiger partial charge in [-0.05, 0) is 55.8 Å². The first-order valence-electron chi connectivity index (χ1n) is 9.25. The molecule has 0 fully saturated rings. The molecule has 0 aliphatic heterocycles. The Morgan fingerprint density at radius 3 is 1.89 bits per heavy atom. The van der Waals surface area contributed by atoms with Gasteiger partial charge in [0, 0.05) is 30.2 Å². The molecular weight excluding hydrogens is 397 g/mol. The fourth-order valence-corrected chi connectivity index (χ4v) is 6.27. The predicted molar refractivity (Wildman–Crippen MR) is 131 cm³/mol. The average molecular weight is 419 g/mol. The molecule has 3 aromatic heterocycles. The Hall–Kier alpha value is -2.08. The van der Waals surface area contributed by atoms with E-state index in [9.17, 15) is 0 Å². The largest absolute Gasteiger partial charge is 0.377 e. The zero-order valence-electron chi connectivity index (χ0n) is 16.3. The third kappa shape index (κ3) is 3.75. The lowest BCUT2D eigenvalue weighted by molar-refractivity contribution is 1.13. The fourth-order valence-electron chi connectivity index (χ4n) is 3.64. The van der Waals surface area contributed by atoms with Crippen LogP contribution < -0.4 is 14.5 Å². The smallest absolute Gasteiger partial charge is 0.268 e. The number of anilines is 1. The van der Waals surface area contributed by atoms with Crippen LogP contribution in [-0.4, -0.2) is 20.8 Å². The predicted octanol–water partition coefficient (Wildman–Crippen LogP) is 5.72. The summed E-state index contributed by atoms with van der Waals surface area (Å²) in [7, 11) is 4.24. The van der Waals surface area contributed by atoms with Gasteiger partial charge in [0.15, 0.2) is 0 Å². The molecule has 1 nitrogen and oxygen atoms in total. The molecule has 0 atom stereocenters. The van der Waals surface area contributed by atoms with Crippen molar-refractivity contribution in [3.8, 4) is 0 Å². The normalized spacial score (nSPS) is 12.0. The highest BCUT2D eigenvalue weighted by Gasteiger charge is 2.30. The minimum Gasteiger partial charge on any atom is -0.377 e. The fraction of sp³-hybridized carbons (Fsp3) is 0.130. The molecule has 4 aromatic rings. The van der Waals surface area contributed by atoms with Crippen LogP contribution in [0.15, 0.2) is 76.8 Å². The maximum absolute atomic E-state index is 2.28. The molecule has 140 valence electrons.